The largest absolute Gasteiger partial charge is 1.00 e. The number of pyridine rings is 1. The van der Waals surface area contributed by atoms with E-state index in [0.29, 0.717) is 27.6 Å². The number of halogens is 3. The maximum atomic E-state index is 13.9. The summed E-state index contributed by atoms with van der Waals surface area (Å²) in [5.41, 5.74) is 7.71. The molecule has 4 N–H and O–H groups in total. The lowest BCUT2D eigenvalue weighted by atomic mass is 9.99. The number of rotatable bonds is 6. The number of benzene rings is 3. The molecule has 33 heavy (non-hydrogen) atoms. The van der Waals surface area contributed by atoms with E-state index in [4.69, 9.17) is 5.73 Å². The maximum Gasteiger partial charge on any atom is 0.272 e. The molecule has 4 aromatic rings. The summed E-state index contributed by atoms with van der Waals surface area (Å²) in [6.07, 6.45) is 0.0719. The van der Waals surface area contributed by atoms with E-state index >= 15 is 0 Å². The highest BCUT2D eigenvalue weighted by Crippen LogP contribution is 2.32. The average Bonchev–Trinajstić information content (AvgIpc) is 2.76. The first kappa shape index (κ1) is 24.1. The molecule has 0 aliphatic rings. The van der Waals surface area contributed by atoms with Gasteiger partial charge in [0.25, 0.3) is 5.56 Å². The first-order chi connectivity index (χ1) is 15.4. The van der Waals surface area contributed by atoms with Crippen molar-refractivity contribution in [3.8, 4) is 11.1 Å². The molecule has 1 heterocycles. The van der Waals surface area contributed by atoms with Gasteiger partial charge in [-0.25, -0.2) is 8.78 Å². The molecule has 0 unspecified atom stereocenters. The molecule has 0 radical (unpaired) electrons. The molecular formula is C25H21ClF2N3O2-. The summed E-state index contributed by atoms with van der Waals surface area (Å²) in [6, 6.07) is 18.4. The Morgan fingerprint density at radius 3 is 2.36 bits per heavy atom. The molecule has 5 nitrogen and oxygen atoms in total. The van der Waals surface area contributed by atoms with E-state index in [1.165, 1.54) is 18.2 Å². The second-order valence-corrected chi connectivity index (χ2v) is 7.56. The van der Waals surface area contributed by atoms with Crippen LogP contribution in [0.25, 0.3) is 22.0 Å². The van der Waals surface area contributed by atoms with E-state index in [0.717, 1.165) is 0 Å². The molecule has 0 fully saturated rings. The van der Waals surface area contributed by atoms with Crippen LogP contribution in [0.3, 0.4) is 0 Å². The Morgan fingerprint density at radius 1 is 0.970 bits per heavy atom. The van der Waals surface area contributed by atoms with E-state index in [1.807, 2.05) is 12.1 Å². The standard InChI is InChI=1S/C25H21F2N3O2.ClH/c26-17-11-9-15(10-12-17)23-19-6-2-4-8-21(19)29-25(32)24(23)30-22(31)14-18(28)13-16-5-1-3-7-20(16)27;/h1-12,18H,13-14,28H2,(H,29,32)(H,30,31);1H/p-1/t18-;/m0./s1. The predicted octanol–water partition coefficient (Wildman–Crippen LogP) is 1.38. The molecule has 1 amide bonds. The molecule has 0 bridgehead atoms. The number of para-hydroxylation sites is 1. The van der Waals surface area contributed by atoms with Crippen LogP contribution in [0.2, 0.25) is 0 Å². The number of carbonyl (C=O) groups is 1. The molecule has 0 saturated carbocycles. The average molecular weight is 469 g/mol. The summed E-state index contributed by atoms with van der Waals surface area (Å²) >= 11 is 0. The highest BCUT2D eigenvalue weighted by Gasteiger charge is 2.19. The van der Waals surface area contributed by atoms with Crippen LogP contribution in [-0.2, 0) is 11.2 Å². The quantitative estimate of drug-likeness (QED) is 0.399. The normalized spacial score (nSPS) is 11.6. The lowest BCUT2D eigenvalue weighted by Crippen LogP contribution is -3.00. The van der Waals surface area contributed by atoms with Gasteiger partial charge in [-0.2, -0.15) is 0 Å². The van der Waals surface area contributed by atoms with Crippen LogP contribution in [0.1, 0.15) is 12.0 Å². The van der Waals surface area contributed by atoms with Gasteiger partial charge in [0, 0.05) is 28.9 Å². The molecule has 1 atom stereocenters. The Kier molecular flexibility index (Phi) is 7.58. The van der Waals surface area contributed by atoms with E-state index in [2.05, 4.69) is 10.3 Å². The minimum atomic E-state index is -0.638. The van der Waals surface area contributed by atoms with Gasteiger partial charge in [-0.1, -0.05) is 48.5 Å². The fourth-order valence-corrected chi connectivity index (χ4v) is 3.73. The number of aromatic nitrogens is 1. The SMILES string of the molecule is N[C@H](CC(=O)Nc1c(-c2ccc(F)cc2)c2ccccc2[nH]c1=O)Cc1ccccc1F.[Cl-]. The Balaban J connectivity index is 0.00000306. The highest BCUT2D eigenvalue weighted by atomic mass is 35.5. The van der Waals surface area contributed by atoms with Crippen LogP contribution in [-0.4, -0.2) is 16.9 Å². The number of nitrogens with one attached hydrogen (secondary N) is 2. The van der Waals surface area contributed by atoms with Crippen molar-refractivity contribution < 1.29 is 26.0 Å². The Morgan fingerprint density at radius 2 is 1.64 bits per heavy atom. The summed E-state index contributed by atoms with van der Waals surface area (Å²) in [6.45, 7) is 0. The molecule has 0 aliphatic carbocycles. The van der Waals surface area contributed by atoms with Crippen molar-refractivity contribution in [1.82, 2.24) is 4.98 Å². The number of aromatic amines is 1. The van der Waals surface area contributed by atoms with Crippen molar-refractivity contribution in [3.05, 3.63) is 100 Å². The predicted molar refractivity (Wildman–Crippen MR) is 121 cm³/mol. The lowest BCUT2D eigenvalue weighted by molar-refractivity contribution is -0.116. The van der Waals surface area contributed by atoms with Gasteiger partial charge in [0.05, 0.1) is 0 Å². The molecule has 0 spiro atoms. The molecule has 170 valence electrons. The minimum absolute atomic E-state index is 0. The zero-order chi connectivity index (χ0) is 22.7. The first-order valence-corrected chi connectivity index (χ1v) is 10.1. The topological polar surface area (TPSA) is 88.0 Å². The van der Waals surface area contributed by atoms with Gasteiger partial charge in [-0.3, -0.25) is 9.59 Å². The van der Waals surface area contributed by atoms with Crippen molar-refractivity contribution in [2.45, 2.75) is 18.9 Å². The van der Waals surface area contributed by atoms with Crippen LogP contribution in [0.15, 0.2) is 77.6 Å². The van der Waals surface area contributed by atoms with Crippen molar-refractivity contribution in [3.63, 3.8) is 0 Å². The Labute approximate surface area is 195 Å². The second-order valence-electron chi connectivity index (χ2n) is 7.56. The lowest BCUT2D eigenvalue weighted by Gasteiger charge is -2.16. The number of nitrogens with two attached hydrogens (primary N) is 1. The first-order valence-electron chi connectivity index (χ1n) is 10.1. The molecule has 0 aliphatic heterocycles. The Hall–Kier alpha value is -3.55. The third-order valence-corrected chi connectivity index (χ3v) is 5.21. The van der Waals surface area contributed by atoms with E-state index in [9.17, 15) is 18.4 Å². The van der Waals surface area contributed by atoms with Crippen molar-refractivity contribution in [2.24, 2.45) is 5.73 Å². The van der Waals surface area contributed by atoms with Crippen LogP contribution in [0, 0.1) is 11.6 Å². The number of amides is 1. The molecule has 0 saturated heterocycles. The fourth-order valence-electron chi connectivity index (χ4n) is 3.73. The van der Waals surface area contributed by atoms with Gasteiger partial charge < -0.3 is 28.4 Å². The van der Waals surface area contributed by atoms with Gasteiger partial charge in [0.15, 0.2) is 0 Å². The number of fused-ring (bicyclic) bond motifs is 1. The van der Waals surface area contributed by atoms with Gasteiger partial charge in [-0.05, 0) is 41.8 Å². The van der Waals surface area contributed by atoms with E-state index in [-0.39, 0.29) is 36.8 Å². The Bertz CT molecular complexity index is 1340. The molecule has 4 rings (SSSR count). The summed E-state index contributed by atoms with van der Waals surface area (Å²) in [4.78, 5) is 28.3. The molecular weight excluding hydrogens is 448 g/mol. The van der Waals surface area contributed by atoms with Gasteiger partial charge in [0.1, 0.15) is 17.3 Å². The zero-order valence-corrected chi connectivity index (χ0v) is 18.2. The number of anilines is 1. The summed E-state index contributed by atoms with van der Waals surface area (Å²) < 4.78 is 27.4. The number of carbonyl (C=O) groups excluding carboxylic acids is 1. The smallest absolute Gasteiger partial charge is 0.272 e. The van der Waals surface area contributed by atoms with Crippen molar-refractivity contribution in [1.29, 1.82) is 0 Å². The van der Waals surface area contributed by atoms with Gasteiger partial charge in [0.2, 0.25) is 5.91 Å². The van der Waals surface area contributed by atoms with Crippen LogP contribution in [0.4, 0.5) is 14.5 Å². The van der Waals surface area contributed by atoms with Crippen molar-refractivity contribution >= 4 is 22.5 Å². The second kappa shape index (κ2) is 10.4. The monoisotopic (exact) mass is 468 g/mol. The number of H-pyrrole nitrogens is 1. The zero-order valence-electron chi connectivity index (χ0n) is 17.4. The number of hydrogen-bond acceptors (Lipinski definition) is 3. The van der Waals surface area contributed by atoms with Crippen LogP contribution in [0.5, 0.6) is 0 Å². The molecule has 1 aromatic heterocycles. The highest BCUT2D eigenvalue weighted by molar-refractivity contribution is 6.05. The van der Waals surface area contributed by atoms with Gasteiger partial charge >= 0.3 is 0 Å². The molecule has 3 aromatic carbocycles. The number of hydrogen-bond donors (Lipinski definition) is 3. The third kappa shape index (κ3) is 5.45. The summed E-state index contributed by atoms with van der Waals surface area (Å²) in [7, 11) is 0. The maximum absolute atomic E-state index is 13.9. The fraction of sp³-hybridized carbons (Fsp3) is 0.120. The van der Waals surface area contributed by atoms with E-state index in [1.54, 1.807) is 42.5 Å². The van der Waals surface area contributed by atoms with Crippen LogP contribution >= 0.6 is 0 Å². The van der Waals surface area contributed by atoms with Crippen molar-refractivity contribution in [2.75, 3.05) is 5.32 Å². The van der Waals surface area contributed by atoms with E-state index < -0.39 is 23.3 Å². The summed E-state index contributed by atoms with van der Waals surface area (Å²) in [5.74, 6) is -1.27. The summed E-state index contributed by atoms with van der Waals surface area (Å²) in [5, 5.41) is 3.36. The molecule has 8 heteroatoms. The third-order valence-electron chi connectivity index (χ3n) is 5.21. The van der Waals surface area contributed by atoms with Gasteiger partial charge in [-0.15, -0.1) is 0 Å². The minimum Gasteiger partial charge on any atom is -1.00 e. The van der Waals surface area contributed by atoms with Crippen LogP contribution < -0.4 is 29.0 Å².